The molecular weight excluding hydrogens is 266 g/mol. The summed E-state index contributed by atoms with van der Waals surface area (Å²) >= 11 is 3.50. The van der Waals surface area contributed by atoms with Crippen molar-refractivity contribution in [3.8, 4) is 0 Å². The molecule has 2 atom stereocenters. The molecule has 0 saturated heterocycles. The van der Waals surface area contributed by atoms with Crippen molar-refractivity contribution in [2.75, 3.05) is 0 Å². The predicted molar refractivity (Wildman–Crippen MR) is 68.4 cm³/mol. The van der Waals surface area contributed by atoms with E-state index in [4.69, 9.17) is 4.74 Å². The minimum Gasteiger partial charge on any atom is -0.470 e. The topological polar surface area (TPSA) is 21.6 Å². The second-order valence-electron chi connectivity index (χ2n) is 4.12. The summed E-state index contributed by atoms with van der Waals surface area (Å²) in [5.41, 5.74) is 1.06. The summed E-state index contributed by atoms with van der Waals surface area (Å²) in [5, 5.41) is 0. The summed E-state index contributed by atoms with van der Waals surface area (Å²) in [6, 6.07) is 0. The van der Waals surface area contributed by atoms with E-state index >= 15 is 0 Å². The number of fused-ring (bicyclic) bond motifs is 1. The van der Waals surface area contributed by atoms with Gasteiger partial charge >= 0.3 is 0 Å². The Hall–Kier alpha value is -1.09. The molecule has 0 aromatic rings. The van der Waals surface area contributed by atoms with E-state index in [-0.39, 0.29) is 6.10 Å². The summed E-state index contributed by atoms with van der Waals surface area (Å²) in [7, 11) is 0. The minimum absolute atomic E-state index is 0.119. The number of aliphatic imine (C=N–C) groups is 1. The van der Waals surface area contributed by atoms with E-state index in [0.717, 1.165) is 24.4 Å². The molecule has 1 heterocycles. The highest BCUT2D eigenvalue weighted by Gasteiger charge is 2.30. The monoisotopic (exact) mass is 277 g/mol. The lowest BCUT2D eigenvalue weighted by atomic mass is 10.0. The van der Waals surface area contributed by atoms with Crippen molar-refractivity contribution in [2.45, 2.75) is 18.9 Å². The molecule has 16 heavy (non-hydrogen) atoms. The van der Waals surface area contributed by atoms with E-state index < -0.39 is 0 Å². The van der Waals surface area contributed by atoms with Crippen LogP contribution in [0, 0.1) is 5.92 Å². The number of allylic oxidation sites excluding steroid dienone is 5. The molecule has 0 radical (unpaired) electrons. The summed E-state index contributed by atoms with van der Waals surface area (Å²) in [6.45, 7) is 0. The lowest BCUT2D eigenvalue weighted by Gasteiger charge is -2.17. The van der Waals surface area contributed by atoms with Crippen LogP contribution >= 0.6 is 15.9 Å². The van der Waals surface area contributed by atoms with Crippen LogP contribution in [0.1, 0.15) is 12.8 Å². The van der Waals surface area contributed by atoms with Crippen molar-refractivity contribution in [3.63, 3.8) is 0 Å². The van der Waals surface area contributed by atoms with Gasteiger partial charge < -0.3 is 4.74 Å². The van der Waals surface area contributed by atoms with Gasteiger partial charge in [-0.15, -0.1) is 0 Å². The van der Waals surface area contributed by atoms with Gasteiger partial charge in [0.15, 0.2) is 5.90 Å². The number of hydrogen-bond acceptors (Lipinski definition) is 2. The van der Waals surface area contributed by atoms with E-state index in [1.54, 1.807) is 0 Å². The fraction of sp³-hybridized carbons (Fsp3) is 0.308. The molecule has 0 aromatic heterocycles. The first-order valence-electron chi connectivity index (χ1n) is 5.48. The molecule has 2 nitrogen and oxygen atoms in total. The third-order valence-corrected chi connectivity index (χ3v) is 3.53. The van der Waals surface area contributed by atoms with Gasteiger partial charge in [-0.1, -0.05) is 40.2 Å². The number of halogens is 1. The second kappa shape index (κ2) is 4.06. The van der Waals surface area contributed by atoms with Crippen molar-refractivity contribution in [3.05, 3.63) is 46.6 Å². The van der Waals surface area contributed by atoms with Gasteiger partial charge in [0.2, 0.25) is 0 Å². The van der Waals surface area contributed by atoms with Crippen LogP contribution in [0.15, 0.2) is 51.6 Å². The van der Waals surface area contributed by atoms with Crippen molar-refractivity contribution >= 4 is 21.8 Å². The SMILES string of the molecule is BrC1=CC=C2N=C(C3C=CC=CC3)OC2C1. The maximum Gasteiger partial charge on any atom is 0.196 e. The zero-order valence-electron chi connectivity index (χ0n) is 8.77. The molecule has 2 unspecified atom stereocenters. The zero-order chi connectivity index (χ0) is 11.0. The summed E-state index contributed by atoms with van der Waals surface area (Å²) in [5.74, 6) is 1.18. The van der Waals surface area contributed by atoms with E-state index in [2.05, 4.69) is 51.3 Å². The van der Waals surface area contributed by atoms with Gasteiger partial charge in [-0.2, -0.15) is 0 Å². The Balaban J connectivity index is 1.81. The van der Waals surface area contributed by atoms with Gasteiger partial charge in [-0.3, -0.25) is 0 Å². The van der Waals surface area contributed by atoms with Gasteiger partial charge in [-0.25, -0.2) is 4.99 Å². The van der Waals surface area contributed by atoms with Crippen LogP contribution in [0.25, 0.3) is 0 Å². The van der Waals surface area contributed by atoms with Crippen molar-refractivity contribution in [1.82, 2.24) is 0 Å². The highest BCUT2D eigenvalue weighted by molar-refractivity contribution is 9.11. The highest BCUT2D eigenvalue weighted by atomic mass is 79.9. The van der Waals surface area contributed by atoms with Crippen LogP contribution in [0.4, 0.5) is 0 Å². The molecule has 0 N–H and O–H groups in total. The van der Waals surface area contributed by atoms with Crippen LogP contribution in [0.5, 0.6) is 0 Å². The quantitative estimate of drug-likeness (QED) is 0.719. The maximum atomic E-state index is 5.90. The zero-order valence-corrected chi connectivity index (χ0v) is 10.4. The predicted octanol–water partition coefficient (Wildman–Crippen LogP) is 3.48. The number of hydrogen-bond donors (Lipinski definition) is 0. The molecule has 0 fully saturated rings. The lowest BCUT2D eigenvalue weighted by Crippen LogP contribution is -2.18. The first-order chi connectivity index (χ1) is 7.83. The van der Waals surface area contributed by atoms with Crippen molar-refractivity contribution in [2.24, 2.45) is 10.9 Å². The smallest absolute Gasteiger partial charge is 0.196 e. The van der Waals surface area contributed by atoms with Crippen molar-refractivity contribution < 1.29 is 4.74 Å². The Morgan fingerprint density at radius 2 is 2.25 bits per heavy atom. The molecular formula is C13H12BrNO. The van der Waals surface area contributed by atoms with Gasteiger partial charge in [0, 0.05) is 6.42 Å². The maximum absolute atomic E-state index is 5.90. The Morgan fingerprint density at radius 1 is 1.31 bits per heavy atom. The normalized spacial score (nSPS) is 31.4. The molecule has 1 aliphatic heterocycles. The Bertz CT molecular complexity index is 457. The van der Waals surface area contributed by atoms with Gasteiger partial charge in [0.25, 0.3) is 0 Å². The minimum atomic E-state index is 0.119. The van der Waals surface area contributed by atoms with Crippen LogP contribution in [-0.4, -0.2) is 12.0 Å². The summed E-state index contributed by atoms with van der Waals surface area (Å²) in [6.07, 6.45) is 14.5. The van der Waals surface area contributed by atoms with E-state index in [1.807, 2.05) is 6.08 Å². The number of ether oxygens (including phenoxy) is 1. The van der Waals surface area contributed by atoms with E-state index in [1.165, 1.54) is 4.48 Å². The Morgan fingerprint density at radius 3 is 3.06 bits per heavy atom. The molecule has 3 aliphatic rings. The largest absolute Gasteiger partial charge is 0.470 e. The van der Waals surface area contributed by atoms with Crippen LogP contribution in [0.2, 0.25) is 0 Å². The van der Waals surface area contributed by atoms with Crippen LogP contribution < -0.4 is 0 Å². The van der Waals surface area contributed by atoms with Gasteiger partial charge in [-0.05, 0) is 23.1 Å². The molecule has 0 spiro atoms. The van der Waals surface area contributed by atoms with Crippen LogP contribution in [0.3, 0.4) is 0 Å². The molecule has 0 bridgehead atoms. The van der Waals surface area contributed by atoms with E-state index in [0.29, 0.717) is 5.92 Å². The van der Waals surface area contributed by atoms with Crippen LogP contribution in [-0.2, 0) is 4.74 Å². The molecule has 0 amide bonds. The molecule has 0 aromatic carbocycles. The first kappa shape index (κ1) is 10.1. The Labute approximate surface area is 103 Å². The third kappa shape index (κ3) is 1.80. The van der Waals surface area contributed by atoms with Gasteiger partial charge in [0.1, 0.15) is 6.10 Å². The summed E-state index contributed by atoms with van der Waals surface area (Å²) in [4.78, 5) is 4.57. The fourth-order valence-corrected chi connectivity index (χ4v) is 2.50. The Kier molecular flexibility index (Phi) is 2.56. The molecule has 3 heteroatoms. The fourth-order valence-electron chi connectivity index (χ4n) is 2.08. The highest BCUT2D eigenvalue weighted by Crippen LogP contribution is 2.33. The number of rotatable bonds is 1. The van der Waals surface area contributed by atoms with Gasteiger partial charge in [0.05, 0.1) is 11.6 Å². The average Bonchev–Trinajstić information content (AvgIpc) is 2.73. The average molecular weight is 278 g/mol. The third-order valence-electron chi connectivity index (χ3n) is 2.95. The molecule has 82 valence electrons. The standard InChI is InChI=1S/C13H12BrNO/c14-10-6-7-11-12(8-10)16-13(15-11)9-4-2-1-3-5-9/h1-4,6-7,9,12H,5,8H2. The number of nitrogens with zero attached hydrogens (tertiary/aromatic N) is 1. The lowest BCUT2D eigenvalue weighted by molar-refractivity contribution is 0.234. The molecule has 0 saturated carbocycles. The molecule has 3 rings (SSSR count). The first-order valence-corrected chi connectivity index (χ1v) is 6.27. The van der Waals surface area contributed by atoms with E-state index in [9.17, 15) is 0 Å². The summed E-state index contributed by atoms with van der Waals surface area (Å²) < 4.78 is 7.08. The second-order valence-corrected chi connectivity index (χ2v) is 5.14. The molecule has 2 aliphatic carbocycles. The van der Waals surface area contributed by atoms with Crippen molar-refractivity contribution in [1.29, 1.82) is 0 Å².